The van der Waals surface area contributed by atoms with Crippen molar-refractivity contribution in [2.45, 2.75) is 38.7 Å². The minimum atomic E-state index is -3.61. The third kappa shape index (κ3) is 5.70. The molecule has 33 heavy (non-hydrogen) atoms. The number of hydrogen-bond donors (Lipinski definition) is 1. The van der Waals surface area contributed by atoms with E-state index in [2.05, 4.69) is 0 Å². The van der Waals surface area contributed by atoms with Crippen LogP contribution in [0.1, 0.15) is 22.3 Å². The molecule has 1 N–H and O–H groups in total. The molecule has 1 unspecified atom stereocenters. The number of ether oxygens (including phenoxy) is 1. The maximum Gasteiger partial charge on any atom is 0.273 e. The molecule has 3 rings (SSSR count). The summed E-state index contributed by atoms with van der Waals surface area (Å²) >= 11 is 0. The Bertz CT molecular complexity index is 1100. The number of β-amino-alcohol motifs (C(OH)–C–C–N with tert-alkyl or cyclic N) is 1. The molecule has 1 atom stereocenters. The Morgan fingerprint density at radius 3 is 2.24 bits per heavy atom. The second kappa shape index (κ2) is 10.2. The smallest absolute Gasteiger partial charge is 0.273 e. The van der Waals surface area contributed by atoms with Crippen LogP contribution >= 0.6 is 0 Å². The number of sulfonamides is 1. The highest BCUT2D eigenvalue weighted by molar-refractivity contribution is 7.89. The molecule has 180 valence electrons. The number of non-ortho nitro benzene ring substituents is 1. The number of hydrogen-bond acceptors (Lipinski definition) is 7. The predicted octanol–water partition coefficient (Wildman–Crippen LogP) is 2.57. The van der Waals surface area contributed by atoms with Crippen molar-refractivity contribution in [2.24, 2.45) is 0 Å². The molecule has 2 aromatic carbocycles. The first-order valence-electron chi connectivity index (χ1n) is 10.9. The van der Waals surface area contributed by atoms with Crippen LogP contribution in [0.4, 0.5) is 5.69 Å². The Kier molecular flexibility index (Phi) is 7.73. The second-order valence-electron chi connectivity index (χ2n) is 8.51. The molecule has 0 aliphatic carbocycles. The molecule has 0 saturated carbocycles. The molecule has 0 amide bonds. The SMILES string of the molecule is Cc1cc(C)c(C)c(S(=O)(=O)N2CCN(CC(O)COc3cccc([N+](=O)[O-])c3)CC2)c1C. The summed E-state index contributed by atoms with van der Waals surface area (Å²) in [7, 11) is -3.61. The summed E-state index contributed by atoms with van der Waals surface area (Å²) in [5.74, 6) is 0.318. The number of aliphatic hydroxyl groups excluding tert-OH is 1. The fourth-order valence-corrected chi connectivity index (χ4v) is 6.08. The average molecular weight is 478 g/mol. The van der Waals surface area contributed by atoms with Crippen molar-refractivity contribution in [1.29, 1.82) is 0 Å². The van der Waals surface area contributed by atoms with Crippen molar-refractivity contribution in [2.75, 3.05) is 39.3 Å². The second-order valence-corrected chi connectivity index (χ2v) is 10.4. The fraction of sp³-hybridized carbons (Fsp3) is 0.478. The third-order valence-electron chi connectivity index (χ3n) is 6.17. The van der Waals surface area contributed by atoms with Crippen molar-refractivity contribution < 1.29 is 23.2 Å². The molecule has 10 heteroatoms. The van der Waals surface area contributed by atoms with Gasteiger partial charge in [-0.2, -0.15) is 4.31 Å². The van der Waals surface area contributed by atoms with Crippen molar-refractivity contribution in [3.63, 3.8) is 0 Å². The summed E-state index contributed by atoms with van der Waals surface area (Å²) in [6.07, 6.45) is -0.809. The van der Waals surface area contributed by atoms with E-state index in [4.69, 9.17) is 4.74 Å². The third-order valence-corrected chi connectivity index (χ3v) is 8.34. The molecular formula is C23H31N3O6S. The molecule has 1 aliphatic rings. The van der Waals surface area contributed by atoms with Crippen LogP contribution in [0.15, 0.2) is 35.2 Å². The lowest BCUT2D eigenvalue weighted by molar-refractivity contribution is -0.384. The van der Waals surface area contributed by atoms with E-state index < -0.39 is 21.1 Å². The van der Waals surface area contributed by atoms with Gasteiger partial charge >= 0.3 is 0 Å². The van der Waals surface area contributed by atoms with Gasteiger partial charge in [-0.3, -0.25) is 15.0 Å². The summed E-state index contributed by atoms with van der Waals surface area (Å²) in [6.45, 7) is 9.53. The average Bonchev–Trinajstić information content (AvgIpc) is 2.77. The predicted molar refractivity (Wildman–Crippen MR) is 125 cm³/mol. The van der Waals surface area contributed by atoms with Gasteiger partial charge in [0.25, 0.3) is 5.69 Å². The Hall–Kier alpha value is -2.53. The Morgan fingerprint density at radius 2 is 1.67 bits per heavy atom. The Labute approximate surface area is 194 Å². The van der Waals surface area contributed by atoms with Crippen LogP contribution in [0, 0.1) is 37.8 Å². The molecule has 0 aromatic heterocycles. The van der Waals surface area contributed by atoms with Gasteiger partial charge in [0.2, 0.25) is 10.0 Å². The highest BCUT2D eigenvalue weighted by atomic mass is 32.2. The van der Waals surface area contributed by atoms with Crippen molar-refractivity contribution >= 4 is 15.7 Å². The molecular weight excluding hydrogens is 446 g/mol. The zero-order chi connectivity index (χ0) is 24.3. The first-order chi connectivity index (χ1) is 15.5. The molecule has 0 spiro atoms. The van der Waals surface area contributed by atoms with Gasteiger partial charge in [-0.15, -0.1) is 0 Å². The van der Waals surface area contributed by atoms with Crippen molar-refractivity contribution in [3.05, 3.63) is 62.7 Å². The van der Waals surface area contributed by atoms with Crippen LogP contribution in [0.2, 0.25) is 0 Å². The molecule has 1 heterocycles. The summed E-state index contributed by atoms with van der Waals surface area (Å²) in [5.41, 5.74) is 3.42. The zero-order valence-corrected chi connectivity index (χ0v) is 20.3. The van der Waals surface area contributed by atoms with Crippen LogP contribution < -0.4 is 4.74 Å². The van der Waals surface area contributed by atoms with Crippen LogP contribution in [-0.2, 0) is 10.0 Å². The van der Waals surface area contributed by atoms with Crippen LogP contribution in [0.25, 0.3) is 0 Å². The molecule has 0 radical (unpaired) electrons. The van der Waals surface area contributed by atoms with Gasteiger partial charge in [0.1, 0.15) is 18.5 Å². The normalized spacial score (nSPS) is 16.5. The van der Waals surface area contributed by atoms with Gasteiger partial charge < -0.3 is 9.84 Å². The largest absolute Gasteiger partial charge is 0.491 e. The lowest BCUT2D eigenvalue weighted by Gasteiger charge is -2.35. The highest BCUT2D eigenvalue weighted by Gasteiger charge is 2.32. The molecule has 1 fully saturated rings. The Morgan fingerprint density at radius 1 is 1.06 bits per heavy atom. The van der Waals surface area contributed by atoms with E-state index >= 15 is 0 Å². The summed E-state index contributed by atoms with van der Waals surface area (Å²) in [4.78, 5) is 12.8. The van der Waals surface area contributed by atoms with Gasteiger partial charge in [0, 0.05) is 38.8 Å². The molecule has 2 aromatic rings. The Balaban J connectivity index is 1.57. The van der Waals surface area contributed by atoms with Gasteiger partial charge in [0.05, 0.1) is 15.9 Å². The number of benzene rings is 2. The number of nitrogens with zero attached hydrogens (tertiary/aromatic N) is 3. The molecule has 1 aliphatic heterocycles. The molecule has 1 saturated heterocycles. The molecule has 9 nitrogen and oxygen atoms in total. The maximum absolute atomic E-state index is 13.4. The number of piperazine rings is 1. The maximum atomic E-state index is 13.4. The van der Waals surface area contributed by atoms with Crippen molar-refractivity contribution in [1.82, 2.24) is 9.21 Å². The highest BCUT2D eigenvalue weighted by Crippen LogP contribution is 2.29. The fourth-order valence-electron chi connectivity index (χ4n) is 4.08. The summed E-state index contributed by atoms with van der Waals surface area (Å²) < 4.78 is 33.8. The topological polar surface area (TPSA) is 113 Å². The lowest BCUT2D eigenvalue weighted by atomic mass is 10.0. The molecule has 0 bridgehead atoms. The van der Waals surface area contributed by atoms with E-state index in [1.165, 1.54) is 22.5 Å². The van der Waals surface area contributed by atoms with E-state index in [0.717, 1.165) is 22.3 Å². The van der Waals surface area contributed by atoms with Crippen LogP contribution in [0.3, 0.4) is 0 Å². The van der Waals surface area contributed by atoms with Gasteiger partial charge in [-0.1, -0.05) is 12.1 Å². The minimum absolute atomic E-state index is 0.0133. The monoisotopic (exact) mass is 477 g/mol. The van der Waals surface area contributed by atoms with Crippen LogP contribution in [-0.4, -0.2) is 73.1 Å². The lowest BCUT2D eigenvalue weighted by Crippen LogP contribution is -2.51. The van der Waals surface area contributed by atoms with E-state index in [-0.39, 0.29) is 12.3 Å². The number of nitro groups is 1. The van der Waals surface area contributed by atoms with Crippen LogP contribution in [0.5, 0.6) is 5.75 Å². The first kappa shape index (κ1) is 25.1. The number of nitro benzene ring substituents is 1. The van der Waals surface area contributed by atoms with E-state index in [1.807, 2.05) is 38.7 Å². The quantitative estimate of drug-likeness (QED) is 0.459. The van der Waals surface area contributed by atoms with E-state index in [0.29, 0.717) is 43.4 Å². The zero-order valence-electron chi connectivity index (χ0n) is 19.4. The van der Waals surface area contributed by atoms with E-state index in [9.17, 15) is 23.6 Å². The van der Waals surface area contributed by atoms with E-state index in [1.54, 1.807) is 6.07 Å². The minimum Gasteiger partial charge on any atom is -0.491 e. The number of rotatable bonds is 8. The first-order valence-corrected chi connectivity index (χ1v) is 12.3. The number of aryl methyl sites for hydroxylation is 2. The number of aliphatic hydroxyl groups is 1. The summed E-state index contributed by atoms with van der Waals surface area (Å²) in [5, 5.41) is 21.2. The van der Waals surface area contributed by atoms with Gasteiger partial charge in [-0.05, 0) is 56.0 Å². The van der Waals surface area contributed by atoms with Gasteiger partial charge in [0.15, 0.2) is 0 Å². The van der Waals surface area contributed by atoms with Crippen molar-refractivity contribution in [3.8, 4) is 5.75 Å². The summed E-state index contributed by atoms with van der Waals surface area (Å²) in [6, 6.07) is 7.82. The standard InChI is InChI=1S/C23H31N3O6S/c1-16-12-17(2)19(4)23(18(16)3)33(30,31)25-10-8-24(9-11-25)14-21(27)15-32-22-7-5-6-20(13-22)26(28)29/h5-7,12-13,21,27H,8-11,14-15H2,1-4H3. The van der Waals surface area contributed by atoms with Gasteiger partial charge in [-0.25, -0.2) is 8.42 Å².